The third-order valence-corrected chi connectivity index (χ3v) is 19.9. The molecular weight excluding hydrogens is 1500 g/mol. The molecule has 8 aliphatic rings. The van der Waals surface area contributed by atoms with Crippen LogP contribution in [-0.2, 0) is 95.0 Å². The normalized spacial score (nSPS) is 46.6. The highest BCUT2D eigenvalue weighted by atomic mass is 16.8. The van der Waals surface area contributed by atoms with Crippen LogP contribution in [0.15, 0.2) is 0 Å². The fourth-order valence-electron chi connectivity index (χ4n) is 13.8. The number of ether oxygens (including phenoxy) is 16. The van der Waals surface area contributed by atoms with Crippen LogP contribution in [0.25, 0.3) is 0 Å². The van der Waals surface area contributed by atoms with Crippen molar-refractivity contribution in [2.24, 2.45) is 0 Å². The maximum absolute atomic E-state index is 13.5. The topological polar surface area (TPSA) is 750 Å². The molecule has 8 fully saturated rings. The molecule has 8 saturated heterocycles. The van der Waals surface area contributed by atoms with Crippen molar-refractivity contribution in [3.05, 3.63) is 0 Å². The predicted molar refractivity (Wildman–Crippen MR) is 343 cm³/mol. The summed E-state index contributed by atoms with van der Waals surface area (Å²) in [4.78, 5) is 51.4. The van der Waals surface area contributed by atoms with E-state index in [2.05, 4.69) is 21.3 Å². The Balaban J connectivity index is 1.15. The number of amides is 4. The van der Waals surface area contributed by atoms with Crippen LogP contribution in [0, 0.1) is 0 Å². The van der Waals surface area contributed by atoms with Crippen LogP contribution in [0.4, 0.5) is 0 Å². The fourth-order valence-corrected chi connectivity index (χ4v) is 13.8. The molecule has 0 bridgehead atoms. The second-order valence-corrected chi connectivity index (χ2v) is 27.9. The monoisotopic (exact) mass is 1610 g/mol. The number of rotatable bonds is 31. The molecule has 0 radical (unpaired) electrons. The van der Waals surface area contributed by atoms with Crippen LogP contribution in [0.1, 0.15) is 41.5 Å². The van der Waals surface area contributed by atoms with Gasteiger partial charge in [-0.25, -0.2) is 0 Å². The molecule has 28 N–H and O–H groups in total. The Bertz CT molecular complexity index is 2880. The molecule has 44 atom stereocenters. The second-order valence-electron chi connectivity index (χ2n) is 27.9. The average molecular weight is 1610 g/mol. The number of carbonyl (C=O) groups excluding carboxylic acids is 4. The van der Waals surface area contributed by atoms with Crippen molar-refractivity contribution >= 4 is 23.6 Å². The van der Waals surface area contributed by atoms with Crippen LogP contribution in [0.5, 0.6) is 0 Å². The molecule has 8 aliphatic heterocycles. The summed E-state index contributed by atoms with van der Waals surface area (Å²) in [6, 6.07) is -7.51. The number of aliphatic hydroxyl groups excluding tert-OH is 24. The predicted octanol–water partition coefficient (Wildman–Crippen LogP) is -18.4. The molecule has 0 spiro atoms. The summed E-state index contributed by atoms with van der Waals surface area (Å²) in [7, 11) is 0. The quantitative estimate of drug-likeness (QED) is 0.0306. The molecule has 8 heterocycles. The molecule has 110 heavy (non-hydrogen) atoms. The lowest BCUT2D eigenvalue weighted by Gasteiger charge is -2.52. The summed E-state index contributed by atoms with van der Waals surface area (Å²) in [5, 5.41) is 276. The van der Waals surface area contributed by atoms with Crippen LogP contribution in [-0.4, -0.2) is 469 Å². The van der Waals surface area contributed by atoms with E-state index < -0.39 is 346 Å². The van der Waals surface area contributed by atoms with E-state index in [1.165, 1.54) is 13.8 Å². The van der Waals surface area contributed by atoms with Gasteiger partial charge in [0.15, 0.2) is 50.3 Å². The van der Waals surface area contributed by atoms with Gasteiger partial charge in [0.1, 0.15) is 201 Å². The number of aliphatic hydroxyl groups is 24. The van der Waals surface area contributed by atoms with E-state index in [-0.39, 0.29) is 0 Å². The zero-order valence-corrected chi connectivity index (χ0v) is 60.0. The van der Waals surface area contributed by atoms with E-state index in [0.717, 1.165) is 27.7 Å². The lowest BCUT2D eigenvalue weighted by atomic mass is 9.93. The summed E-state index contributed by atoms with van der Waals surface area (Å²) in [5.74, 6) is -3.68. The van der Waals surface area contributed by atoms with Gasteiger partial charge < -0.3 is 220 Å². The lowest BCUT2D eigenvalue weighted by Crippen LogP contribution is -2.72. The van der Waals surface area contributed by atoms with Crippen LogP contribution in [0.3, 0.4) is 0 Å². The molecule has 0 aromatic rings. The molecule has 48 nitrogen and oxygen atoms in total. The third-order valence-electron chi connectivity index (χ3n) is 19.9. The van der Waals surface area contributed by atoms with E-state index >= 15 is 0 Å². The van der Waals surface area contributed by atoms with Gasteiger partial charge >= 0.3 is 0 Å². The Morgan fingerprint density at radius 3 is 1.26 bits per heavy atom. The van der Waals surface area contributed by atoms with Crippen LogP contribution >= 0.6 is 0 Å². The first-order chi connectivity index (χ1) is 51.9. The molecular formula is C62H106N4O44. The molecule has 0 aromatic heterocycles. The Morgan fingerprint density at radius 2 is 0.727 bits per heavy atom. The summed E-state index contributed by atoms with van der Waals surface area (Å²) in [5.41, 5.74) is 0. The van der Waals surface area contributed by atoms with Crippen molar-refractivity contribution in [1.29, 1.82) is 0 Å². The van der Waals surface area contributed by atoms with Gasteiger partial charge in [-0.05, 0) is 13.8 Å². The van der Waals surface area contributed by atoms with E-state index in [0.29, 0.717) is 0 Å². The summed E-state index contributed by atoms with van der Waals surface area (Å²) < 4.78 is 95.5. The Morgan fingerprint density at radius 1 is 0.336 bits per heavy atom. The Kier molecular flexibility index (Phi) is 33.7. The third kappa shape index (κ3) is 21.0. The van der Waals surface area contributed by atoms with Gasteiger partial charge in [-0.1, -0.05) is 0 Å². The van der Waals surface area contributed by atoms with Crippen molar-refractivity contribution in [2.45, 2.75) is 311 Å². The Labute approximate surface area is 625 Å². The van der Waals surface area contributed by atoms with E-state index in [9.17, 15) is 142 Å². The van der Waals surface area contributed by atoms with Gasteiger partial charge in [-0.3, -0.25) is 19.2 Å². The molecule has 0 aromatic carbocycles. The molecule has 0 aliphatic carbocycles. The SMILES string of the molecule is CC(=O)N[C@H]1[C@H](O[C@@H]([C@H](O)[C@H](CO)NC(C)=O)[C@H](O)CO[C@@H]2O[C@@H](C)[C@@H](O)[C@@H](O)[C@@H]2O)O[C@H](CO)[C@@H](O[C@@H]2O[C@H](CO[C@H]3O[C@H](CO)[C@@H](O)[C@H](O)[C@@H]3O)[C@@H](O)[C@H](O[C@H]3O[C@H](CO)[C@@H](O)[C@H](O)[C@@H]3O[C@@H]3O[C@H](CO)[C@@H](O[C@@H]4O[C@H](CO)[C@H](O)[C@H](O)[C@H]4NC(C)=O)[C@H](O[C@@H]4O[C@@H](C)[C@@H](O)[C@@H](O)[C@@H]4O)[C@H]3NC(C)=O)[C@@H]2O)[C@@H]1O. The highest BCUT2D eigenvalue weighted by molar-refractivity contribution is 5.74. The molecule has 48 heteroatoms. The Hall–Kier alpha value is -3.72. The largest absolute Gasteiger partial charge is 0.394 e. The van der Waals surface area contributed by atoms with Gasteiger partial charge in [0, 0.05) is 27.7 Å². The summed E-state index contributed by atoms with van der Waals surface area (Å²) in [6.45, 7) is -2.42. The van der Waals surface area contributed by atoms with E-state index in [1.807, 2.05) is 0 Å². The van der Waals surface area contributed by atoms with Gasteiger partial charge in [0.25, 0.3) is 0 Å². The maximum atomic E-state index is 13.5. The van der Waals surface area contributed by atoms with Gasteiger partial charge in [0.05, 0.1) is 71.1 Å². The number of carbonyl (C=O) groups is 4. The van der Waals surface area contributed by atoms with Gasteiger partial charge in [-0.2, -0.15) is 0 Å². The zero-order valence-electron chi connectivity index (χ0n) is 60.0. The average Bonchev–Trinajstić information content (AvgIpc) is 0.754. The van der Waals surface area contributed by atoms with Crippen LogP contribution in [0.2, 0.25) is 0 Å². The van der Waals surface area contributed by atoms with Crippen molar-refractivity contribution in [3.8, 4) is 0 Å². The minimum absolute atomic E-state index is 0.843. The van der Waals surface area contributed by atoms with Gasteiger partial charge in [0.2, 0.25) is 23.6 Å². The minimum Gasteiger partial charge on any atom is -0.394 e. The van der Waals surface area contributed by atoms with Crippen molar-refractivity contribution in [2.75, 3.05) is 52.9 Å². The first kappa shape index (κ1) is 91.8. The second kappa shape index (κ2) is 40.4. The van der Waals surface area contributed by atoms with E-state index in [4.69, 9.17) is 75.8 Å². The first-order valence-electron chi connectivity index (χ1n) is 35.3. The number of hydrogen-bond acceptors (Lipinski definition) is 44. The number of hydrogen-bond donors (Lipinski definition) is 28. The zero-order chi connectivity index (χ0) is 81.5. The van der Waals surface area contributed by atoms with Gasteiger partial charge in [-0.15, -0.1) is 0 Å². The number of nitrogens with one attached hydrogen (secondary N) is 4. The van der Waals surface area contributed by atoms with E-state index in [1.54, 1.807) is 0 Å². The standard InChI is InChI=1S/C62H106N4O44/c1-15-32(78)41(87)45(91)58(97-15)95-13-22(77)49(34(80)21(7-67)63-17(3)73)105-56-30(65-19(5)75)40(86)50(26(11-71)102-56)106-61-48(94)53(38(84)28(104-61)14-96-59-46(92)43(89)36(82)24(9-69)100-59)109-62-54(44(90)37(83)25(10-70)101-62)110-57-31(66-20(6)76)52(108-60-47(93)42(88)33(79)16(2)98-60)51(27(12-72)103-57)107-55-29(64-18(4)74)39(85)35(81)23(8-68)99-55/h15-16,21-62,67-72,77-94H,7-14H2,1-6H3,(H,63,73)(H,64,74)(H,65,75)(H,66,76)/t15-,16-,21-,22+,23+,24+,25+,26+,27+,28+,29+,30+,31+,32+,33+,34+,35-,36+,37+,38+,39+,40+,41+,42+,43-,44-,45-,46-,47-,48-,49+,50+,51+,52+,53-,54-,55-,56-,57-,58+,59-,60-,61-,62+/m0/s1. The van der Waals surface area contributed by atoms with Crippen LogP contribution < -0.4 is 21.3 Å². The lowest BCUT2D eigenvalue weighted by molar-refractivity contribution is -0.401. The fraction of sp³-hybridized carbons (Fsp3) is 0.935. The summed E-state index contributed by atoms with van der Waals surface area (Å²) >= 11 is 0. The summed E-state index contributed by atoms with van der Waals surface area (Å²) in [6.07, 6.45) is -81.9. The highest BCUT2D eigenvalue weighted by Gasteiger charge is 2.61. The first-order valence-corrected chi connectivity index (χ1v) is 35.3. The van der Waals surface area contributed by atoms with Crippen molar-refractivity contribution in [3.63, 3.8) is 0 Å². The highest BCUT2D eigenvalue weighted by Crippen LogP contribution is 2.40. The van der Waals surface area contributed by atoms with Crippen molar-refractivity contribution < 1.29 is 218 Å². The van der Waals surface area contributed by atoms with Crippen molar-refractivity contribution in [1.82, 2.24) is 21.3 Å². The molecule has 4 amide bonds. The smallest absolute Gasteiger partial charge is 0.217 e. The minimum atomic E-state index is -2.56. The maximum Gasteiger partial charge on any atom is 0.217 e. The molecule has 0 saturated carbocycles. The molecule has 0 unspecified atom stereocenters. The molecule has 638 valence electrons. The molecule has 8 rings (SSSR count).